The van der Waals surface area contributed by atoms with E-state index in [1.165, 1.54) is 5.56 Å². The molecule has 0 saturated carbocycles. The van der Waals surface area contributed by atoms with E-state index in [0.29, 0.717) is 6.04 Å². The van der Waals surface area contributed by atoms with Crippen molar-refractivity contribution < 1.29 is 0 Å². The Morgan fingerprint density at radius 1 is 1.32 bits per heavy atom. The first-order valence-corrected chi connectivity index (χ1v) is 7.67. The molecule has 1 aromatic heterocycles. The van der Waals surface area contributed by atoms with E-state index < -0.39 is 0 Å². The number of anilines is 1. The smallest absolute Gasteiger partial charge is 0.133 e. The molecule has 106 valence electrons. The molecule has 0 radical (unpaired) electrons. The van der Waals surface area contributed by atoms with Crippen LogP contribution in [0.3, 0.4) is 0 Å². The Balaban J connectivity index is 2.14. The van der Waals surface area contributed by atoms with Crippen LogP contribution < -0.4 is 10.2 Å². The molecule has 0 aliphatic carbocycles. The van der Waals surface area contributed by atoms with Gasteiger partial charge in [-0.05, 0) is 29.0 Å². The predicted molar refractivity (Wildman–Crippen MR) is 83.6 cm³/mol. The fraction of sp³-hybridized carbons (Fsp3) is 0.643. The van der Waals surface area contributed by atoms with E-state index in [9.17, 15) is 0 Å². The third-order valence-corrected chi connectivity index (χ3v) is 3.85. The molecule has 0 atom stereocenters. The van der Waals surface area contributed by atoms with Gasteiger partial charge in [-0.15, -0.1) is 0 Å². The summed E-state index contributed by atoms with van der Waals surface area (Å²) < 4.78 is 1.05. The minimum Gasteiger partial charge on any atom is -0.354 e. The van der Waals surface area contributed by atoms with Crippen molar-refractivity contribution in [1.29, 1.82) is 0 Å². The molecular weight excluding hydrogens is 304 g/mol. The summed E-state index contributed by atoms with van der Waals surface area (Å²) in [7, 11) is 2.17. The molecule has 19 heavy (non-hydrogen) atoms. The highest BCUT2D eigenvalue weighted by Crippen LogP contribution is 2.22. The molecule has 2 rings (SSSR count). The molecule has 1 aromatic rings. The standard InChI is InChI=1S/C14H23BrN4/c1-11(2)16-9-12-8-13(15)10-17-14(12)19-6-4-18(3)5-7-19/h8,10-11,16H,4-7,9H2,1-3H3. The van der Waals surface area contributed by atoms with Crippen LogP contribution in [0.4, 0.5) is 5.82 Å². The predicted octanol–water partition coefficient (Wildman–Crippen LogP) is 2.09. The van der Waals surface area contributed by atoms with Crippen LogP contribution in [-0.4, -0.2) is 49.2 Å². The van der Waals surface area contributed by atoms with Crippen LogP contribution >= 0.6 is 15.9 Å². The quantitative estimate of drug-likeness (QED) is 0.918. The van der Waals surface area contributed by atoms with Gasteiger partial charge in [0.25, 0.3) is 0 Å². The SMILES string of the molecule is CC(C)NCc1cc(Br)cnc1N1CCN(C)CC1. The minimum atomic E-state index is 0.485. The molecule has 1 N–H and O–H groups in total. The molecule has 2 heterocycles. The first kappa shape index (κ1) is 14.8. The third-order valence-electron chi connectivity index (χ3n) is 3.41. The van der Waals surface area contributed by atoms with E-state index in [0.717, 1.165) is 43.0 Å². The van der Waals surface area contributed by atoms with Gasteiger partial charge in [0.1, 0.15) is 5.82 Å². The van der Waals surface area contributed by atoms with E-state index in [4.69, 9.17) is 0 Å². The Labute approximate surface area is 124 Å². The number of aromatic nitrogens is 1. The molecule has 1 aliphatic heterocycles. The maximum absolute atomic E-state index is 4.63. The Morgan fingerprint density at radius 2 is 2.00 bits per heavy atom. The summed E-state index contributed by atoms with van der Waals surface area (Å²) >= 11 is 3.52. The van der Waals surface area contributed by atoms with Gasteiger partial charge in [-0.25, -0.2) is 4.98 Å². The second-order valence-electron chi connectivity index (χ2n) is 5.46. The van der Waals surface area contributed by atoms with Crippen molar-refractivity contribution in [3.8, 4) is 0 Å². The second-order valence-corrected chi connectivity index (χ2v) is 6.38. The first-order valence-electron chi connectivity index (χ1n) is 6.87. The lowest BCUT2D eigenvalue weighted by atomic mass is 10.2. The van der Waals surface area contributed by atoms with Crippen molar-refractivity contribution in [2.45, 2.75) is 26.4 Å². The van der Waals surface area contributed by atoms with Crippen LogP contribution in [0.25, 0.3) is 0 Å². The van der Waals surface area contributed by atoms with E-state index in [-0.39, 0.29) is 0 Å². The zero-order chi connectivity index (χ0) is 13.8. The summed E-state index contributed by atoms with van der Waals surface area (Å²) in [6, 6.07) is 2.66. The average Bonchev–Trinajstić information content (AvgIpc) is 2.38. The van der Waals surface area contributed by atoms with Gasteiger partial charge in [-0.3, -0.25) is 0 Å². The Hall–Kier alpha value is -0.650. The summed E-state index contributed by atoms with van der Waals surface area (Å²) in [6.07, 6.45) is 1.90. The van der Waals surface area contributed by atoms with Gasteiger partial charge >= 0.3 is 0 Å². The van der Waals surface area contributed by atoms with Crippen LogP contribution in [0.1, 0.15) is 19.4 Å². The third kappa shape index (κ3) is 4.16. The second kappa shape index (κ2) is 6.68. The molecule has 4 nitrogen and oxygen atoms in total. The molecule has 5 heteroatoms. The lowest BCUT2D eigenvalue weighted by Gasteiger charge is -2.34. The summed E-state index contributed by atoms with van der Waals surface area (Å²) in [4.78, 5) is 9.38. The van der Waals surface area contributed by atoms with Gasteiger partial charge in [0.2, 0.25) is 0 Å². The van der Waals surface area contributed by atoms with E-state index >= 15 is 0 Å². The monoisotopic (exact) mass is 326 g/mol. The van der Waals surface area contributed by atoms with Gasteiger partial charge in [0.15, 0.2) is 0 Å². The van der Waals surface area contributed by atoms with Gasteiger partial charge in [0.05, 0.1) is 0 Å². The number of pyridine rings is 1. The van der Waals surface area contributed by atoms with E-state index in [2.05, 4.69) is 63.0 Å². The molecule has 0 bridgehead atoms. The van der Waals surface area contributed by atoms with E-state index in [1.54, 1.807) is 0 Å². The fourth-order valence-corrected chi connectivity index (χ4v) is 2.60. The molecule has 0 aromatic carbocycles. The van der Waals surface area contributed by atoms with Crippen molar-refractivity contribution in [3.63, 3.8) is 0 Å². The van der Waals surface area contributed by atoms with Gasteiger partial charge in [-0.1, -0.05) is 13.8 Å². The lowest BCUT2D eigenvalue weighted by molar-refractivity contribution is 0.311. The van der Waals surface area contributed by atoms with Gasteiger partial charge < -0.3 is 15.1 Å². The number of hydrogen-bond donors (Lipinski definition) is 1. The molecule has 0 unspecified atom stereocenters. The van der Waals surface area contributed by atoms with Gasteiger partial charge in [0, 0.05) is 55.0 Å². The number of piperazine rings is 1. The Morgan fingerprint density at radius 3 is 2.63 bits per heavy atom. The maximum Gasteiger partial charge on any atom is 0.133 e. The van der Waals surface area contributed by atoms with Crippen LogP contribution in [0.5, 0.6) is 0 Å². The summed E-state index contributed by atoms with van der Waals surface area (Å²) in [5.41, 5.74) is 1.27. The van der Waals surface area contributed by atoms with Crippen LogP contribution in [-0.2, 0) is 6.54 Å². The Bertz CT molecular complexity index is 414. The highest BCUT2D eigenvalue weighted by molar-refractivity contribution is 9.10. The van der Waals surface area contributed by atoms with Crippen molar-refractivity contribution in [3.05, 3.63) is 22.3 Å². The first-order chi connectivity index (χ1) is 9.06. The molecule has 1 fully saturated rings. The minimum absolute atomic E-state index is 0.485. The highest BCUT2D eigenvalue weighted by Gasteiger charge is 2.18. The summed E-state index contributed by atoms with van der Waals surface area (Å²) in [5.74, 6) is 1.13. The highest BCUT2D eigenvalue weighted by atomic mass is 79.9. The number of likely N-dealkylation sites (N-methyl/N-ethyl adjacent to an activating group) is 1. The number of hydrogen-bond acceptors (Lipinski definition) is 4. The van der Waals surface area contributed by atoms with Crippen molar-refractivity contribution in [2.24, 2.45) is 0 Å². The maximum atomic E-state index is 4.63. The summed E-state index contributed by atoms with van der Waals surface area (Å²) in [6.45, 7) is 9.52. The normalized spacial score (nSPS) is 17.2. The topological polar surface area (TPSA) is 31.4 Å². The van der Waals surface area contributed by atoms with Crippen molar-refractivity contribution in [2.75, 3.05) is 38.1 Å². The largest absolute Gasteiger partial charge is 0.354 e. The fourth-order valence-electron chi connectivity index (χ4n) is 2.22. The number of rotatable bonds is 4. The zero-order valence-corrected chi connectivity index (χ0v) is 13.6. The van der Waals surface area contributed by atoms with Crippen LogP contribution in [0.2, 0.25) is 0 Å². The van der Waals surface area contributed by atoms with Crippen LogP contribution in [0, 0.1) is 0 Å². The molecule has 1 saturated heterocycles. The molecule has 0 spiro atoms. The number of halogens is 1. The zero-order valence-electron chi connectivity index (χ0n) is 12.0. The number of nitrogens with one attached hydrogen (secondary N) is 1. The number of nitrogens with zero attached hydrogens (tertiary/aromatic N) is 3. The van der Waals surface area contributed by atoms with E-state index in [1.807, 2.05) is 6.20 Å². The molecule has 0 amide bonds. The Kier molecular flexibility index (Phi) is 5.19. The van der Waals surface area contributed by atoms with Crippen molar-refractivity contribution in [1.82, 2.24) is 15.2 Å². The van der Waals surface area contributed by atoms with Crippen LogP contribution in [0.15, 0.2) is 16.7 Å². The van der Waals surface area contributed by atoms with Gasteiger partial charge in [-0.2, -0.15) is 0 Å². The molecule has 1 aliphatic rings. The lowest BCUT2D eigenvalue weighted by Crippen LogP contribution is -2.45. The summed E-state index contributed by atoms with van der Waals surface area (Å²) in [5, 5.41) is 3.48. The average molecular weight is 327 g/mol. The molecular formula is C14H23BrN4. The van der Waals surface area contributed by atoms with Crippen molar-refractivity contribution >= 4 is 21.7 Å².